The lowest BCUT2D eigenvalue weighted by Crippen LogP contribution is -1.95. The molecule has 2 aromatic carbocycles. The predicted octanol–water partition coefficient (Wildman–Crippen LogP) is 4.31. The zero-order valence-electron chi connectivity index (χ0n) is 11.0. The van der Waals surface area contributed by atoms with Gasteiger partial charge < -0.3 is 9.72 Å². The van der Waals surface area contributed by atoms with Crippen LogP contribution in [0.2, 0.25) is 0 Å². The third-order valence-electron chi connectivity index (χ3n) is 3.29. The lowest BCUT2D eigenvalue weighted by Gasteiger charge is -2.07. The van der Waals surface area contributed by atoms with Gasteiger partial charge in [0.05, 0.1) is 5.52 Å². The van der Waals surface area contributed by atoms with Crippen molar-refractivity contribution >= 4 is 10.9 Å². The molecule has 3 rings (SSSR count). The normalized spacial score (nSPS) is 10.8. The molecule has 0 aliphatic heterocycles. The fourth-order valence-electron chi connectivity index (χ4n) is 2.23. The highest BCUT2D eigenvalue weighted by Crippen LogP contribution is 2.26. The molecule has 0 spiro atoms. The van der Waals surface area contributed by atoms with Crippen molar-refractivity contribution in [2.45, 2.75) is 20.0 Å². The summed E-state index contributed by atoms with van der Waals surface area (Å²) in [5, 5.41) is 1.21. The molecular formula is C17H17NO. The number of para-hydroxylation sites is 1. The molecule has 0 radical (unpaired) electrons. The molecule has 0 amide bonds. The number of hydrogen-bond acceptors (Lipinski definition) is 1. The van der Waals surface area contributed by atoms with Crippen LogP contribution in [0.1, 0.15) is 18.2 Å². The van der Waals surface area contributed by atoms with Crippen LogP contribution in [0.25, 0.3) is 10.9 Å². The summed E-state index contributed by atoms with van der Waals surface area (Å²) in [7, 11) is 0. The maximum absolute atomic E-state index is 5.93. The van der Waals surface area contributed by atoms with Gasteiger partial charge in [-0.05, 0) is 24.1 Å². The molecule has 3 aromatic rings. The number of rotatable bonds is 4. The summed E-state index contributed by atoms with van der Waals surface area (Å²) in [6.07, 6.45) is 1.01. The third-order valence-corrected chi connectivity index (χ3v) is 3.29. The predicted molar refractivity (Wildman–Crippen MR) is 78.5 cm³/mol. The monoisotopic (exact) mass is 251 g/mol. The number of fused-ring (bicyclic) bond motifs is 1. The highest BCUT2D eigenvalue weighted by Gasteiger charge is 2.05. The van der Waals surface area contributed by atoms with Gasteiger partial charge in [-0.15, -0.1) is 0 Å². The van der Waals surface area contributed by atoms with Gasteiger partial charge >= 0.3 is 0 Å². The average Bonchev–Trinajstić information content (AvgIpc) is 2.90. The smallest absolute Gasteiger partial charge is 0.143 e. The van der Waals surface area contributed by atoms with Crippen LogP contribution in [-0.2, 0) is 13.0 Å². The van der Waals surface area contributed by atoms with Gasteiger partial charge in [-0.3, -0.25) is 0 Å². The zero-order chi connectivity index (χ0) is 13.1. The Morgan fingerprint density at radius 1 is 1.00 bits per heavy atom. The van der Waals surface area contributed by atoms with Crippen LogP contribution in [0.3, 0.4) is 0 Å². The van der Waals surface area contributed by atoms with Crippen LogP contribution in [-0.4, -0.2) is 4.98 Å². The average molecular weight is 251 g/mol. The first kappa shape index (κ1) is 11.8. The second kappa shape index (κ2) is 5.19. The van der Waals surface area contributed by atoms with E-state index in [0.29, 0.717) is 6.61 Å². The summed E-state index contributed by atoms with van der Waals surface area (Å²) in [4.78, 5) is 3.43. The van der Waals surface area contributed by atoms with Crippen molar-refractivity contribution in [2.75, 3.05) is 0 Å². The molecule has 0 bridgehead atoms. The number of aromatic amines is 1. The molecule has 1 aromatic heterocycles. The topological polar surface area (TPSA) is 25.0 Å². The first-order valence-electron chi connectivity index (χ1n) is 6.64. The van der Waals surface area contributed by atoms with Crippen LogP contribution in [0, 0.1) is 0 Å². The number of nitrogens with one attached hydrogen (secondary N) is 1. The summed E-state index contributed by atoms with van der Waals surface area (Å²) < 4.78 is 5.93. The van der Waals surface area contributed by atoms with Gasteiger partial charge in [0, 0.05) is 11.1 Å². The lowest BCUT2D eigenvalue weighted by molar-refractivity contribution is 0.309. The molecule has 0 aliphatic carbocycles. The lowest BCUT2D eigenvalue weighted by atomic mass is 10.2. The van der Waals surface area contributed by atoms with Crippen molar-refractivity contribution in [3.05, 3.63) is 65.9 Å². The molecule has 19 heavy (non-hydrogen) atoms. The Morgan fingerprint density at radius 2 is 1.84 bits per heavy atom. The number of H-pyrrole nitrogens is 1. The summed E-state index contributed by atoms with van der Waals surface area (Å²) in [5.74, 6) is 0.918. The number of ether oxygens (including phenoxy) is 1. The van der Waals surface area contributed by atoms with Gasteiger partial charge in [0.25, 0.3) is 0 Å². The Labute approximate surface area is 113 Å². The number of benzene rings is 2. The van der Waals surface area contributed by atoms with E-state index in [4.69, 9.17) is 4.74 Å². The first-order valence-corrected chi connectivity index (χ1v) is 6.64. The van der Waals surface area contributed by atoms with E-state index in [2.05, 4.69) is 36.2 Å². The maximum atomic E-state index is 5.93. The van der Waals surface area contributed by atoms with E-state index in [0.717, 1.165) is 17.7 Å². The van der Waals surface area contributed by atoms with Crippen molar-refractivity contribution in [2.24, 2.45) is 0 Å². The van der Waals surface area contributed by atoms with Crippen LogP contribution < -0.4 is 4.74 Å². The minimum atomic E-state index is 0.598. The Morgan fingerprint density at radius 3 is 2.63 bits per heavy atom. The first-order chi connectivity index (χ1) is 9.36. The van der Waals surface area contributed by atoms with Crippen LogP contribution in [0.4, 0.5) is 0 Å². The molecule has 0 fully saturated rings. The van der Waals surface area contributed by atoms with E-state index in [1.54, 1.807) is 0 Å². The molecule has 96 valence electrons. The van der Waals surface area contributed by atoms with E-state index in [1.165, 1.54) is 16.6 Å². The SMILES string of the molecule is CCc1cc2cccc(OCc3ccccc3)c2[nH]1. The highest BCUT2D eigenvalue weighted by atomic mass is 16.5. The number of aromatic nitrogens is 1. The van der Waals surface area contributed by atoms with Crippen molar-refractivity contribution in [1.82, 2.24) is 4.98 Å². The molecule has 0 saturated carbocycles. The second-order valence-electron chi connectivity index (χ2n) is 4.64. The summed E-state index contributed by atoms with van der Waals surface area (Å²) >= 11 is 0. The van der Waals surface area contributed by atoms with Gasteiger partial charge in [0.2, 0.25) is 0 Å². The summed E-state index contributed by atoms with van der Waals surface area (Å²) in [6, 6.07) is 18.6. The standard InChI is InChI=1S/C17H17NO/c1-2-15-11-14-9-6-10-16(17(14)18-15)19-12-13-7-4-3-5-8-13/h3-11,18H,2,12H2,1H3. The van der Waals surface area contributed by atoms with Crippen LogP contribution in [0.5, 0.6) is 5.75 Å². The van der Waals surface area contributed by atoms with Crippen LogP contribution in [0.15, 0.2) is 54.6 Å². The number of aryl methyl sites for hydroxylation is 1. The third kappa shape index (κ3) is 2.48. The van der Waals surface area contributed by atoms with Gasteiger partial charge in [-0.2, -0.15) is 0 Å². The Bertz CT molecular complexity index is 670. The molecular weight excluding hydrogens is 234 g/mol. The summed E-state index contributed by atoms with van der Waals surface area (Å²) in [6.45, 7) is 2.75. The maximum Gasteiger partial charge on any atom is 0.143 e. The second-order valence-corrected chi connectivity index (χ2v) is 4.64. The molecule has 2 nitrogen and oxygen atoms in total. The van der Waals surface area contributed by atoms with Crippen molar-refractivity contribution < 1.29 is 4.74 Å². The van der Waals surface area contributed by atoms with E-state index < -0.39 is 0 Å². The molecule has 1 N–H and O–H groups in total. The molecule has 0 atom stereocenters. The largest absolute Gasteiger partial charge is 0.487 e. The molecule has 0 aliphatic rings. The van der Waals surface area contributed by atoms with E-state index in [9.17, 15) is 0 Å². The fraction of sp³-hybridized carbons (Fsp3) is 0.176. The Hall–Kier alpha value is -2.22. The molecule has 0 unspecified atom stereocenters. The van der Waals surface area contributed by atoms with E-state index in [1.807, 2.05) is 30.3 Å². The summed E-state index contributed by atoms with van der Waals surface area (Å²) in [5.41, 5.74) is 3.52. The van der Waals surface area contributed by atoms with Gasteiger partial charge in [0.1, 0.15) is 12.4 Å². The molecule has 0 saturated heterocycles. The fourth-order valence-corrected chi connectivity index (χ4v) is 2.23. The zero-order valence-corrected chi connectivity index (χ0v) is 11.0. The number of hydrogen-bond donors (Lipinski definition) is 1. The molecule has 1 heterocycles. The van der Waals surface area contributed by atoms with Crippen molar-refractivity contribution in [1.29, 1.82) is 0 Å². The van der Waals surface area contributed by atoms with Crippen molar-refractivity contribution in [3.8, 4) is 5.75 Å². The van der Waals surface area contributed by atoms with Gasteiger partial charge in [-0.1, -0.05) is 49.4 Å². The minimum Gasteiger partial charge on any atom is -0.487 e. The van der Waals surface area contributed by atoms with E-state index in [-0.39, 0.29) is 0 Å². The van der Waals surface area contributed by atoms with Gasteiger partial charge in [0.15, 0.2) is 0 Å². The minimum absolute atomic E-state index is 0.598. The highest BCUT2D eigenvalue weighted by molar-refractivity contribution is 5.86. The van der Waals surface area contributed by atoms with Crippen molar-refractivity contribution in [3.63, 3.8) is 0 Å². The Balaban J connectivity index is 1.86. The Kier molecular flexibility index (Phi) is 3.23. The molecule has 2 heteroatoms. The van der Waals surface area contributed by atoms with Crippen LogP contribution >= 0.6 is 0 Å². The quantitative estimate of drug-likeness (QED) is 0.734. The van der Waals surface area contributed by atoms with E-state index >= 15 is 0 Å². The van der Waals surface area contributed by atoms with Gasteiger partial charge in [-0.25, -0.2) is 0 Å².